The molecule has 18 heavy (non-hydrogen) atoms. The number of carboxylic acids is 1. The van der Waals surface area contributed by atoms with Crippen LogP contribution in [0.5, 0.6) is 0 Å². The fraction of sp³-hybridized carbons (Fsp3) is 0. The number of halogens is 2. The summed E-state index contributed by atoms with van der Waals surface area (Å²) in [7, 11) is 0. The fourth-order valence-corrected chi connectivity index (χ4v) is 1.81. The van der Waals surface area contributed by atoms with Gasteiger partial charge in [0.2, 0.25) is 5.89 Å². The van der Waals surface area contributed by atoms with Crippen LogP contribution < -0.4 is 0 Å². The van der Waals surface area contributed by atoms with Crippen molar-refractivity contribution in [3.05, 3.63) is 40.2 Å². The number of benzene rings is 1. The first-order valence-corrected chi connectivity index (χ1v) is 5.52. The van der Waals surface area contributed by atoms with Gasteiger partial charge in [0.05, 0.1) is 15.6 Å². The van der Waals surface area contributed by atoms with Crippen molar-refractivity contribution in [2.24, 2.45) is 0 Å². The largest absolute Gasteiger partial charge is 0.478 e. The lowest BCUT2D eigenvalue weighted by Crippen LogP contribution is -1.85. The van der Waals surface area contributed by atoms with Crippen LogP contribution in [-0.2, 0) is 4.79 Å². The van der Waals surface area contributed by atoms with Crippen LogP contribution in [0.1, 0.15) is 5.89 Å². The molecule has 0 atom stereocenters. The van der Waals surface area contributed by atoms with Gasteiger partial charge in [-0.15, -0.1) is 10.2 Å². The van der Waals surface area contributed by atoms with Crippen molar-refractivity contribution >= 4 is 35.2 Å². The van der Waals surface area contributed by atoms with Crippen molar-refractivity contribution in [1.29, 1.82) is 0 Å². The number of hydrogen-bond acceptors (Lipinski definition) is 4. The molecule has 0 aliphatic heterocycles. The summed E-state index contributed by atoms with van der Waals surface area (Å²) in [5, 5.41) is 16.6. The first-order chi connectivity index (χ1) is 8.58. The van der Waals surface area contributed by atoms with E-state index in [0.717, 1.165) is 6.08 Å². The maximum Gasteiger partial charge on any atom is 0.328 e. The van der Waals surface area contributed by atoms with Gasteiger partial charge < -0.3 is 9.52 Å². The fourth-order valence-electron chi connectivity index (χ4n) is 1.25. The minimum Gasteiger partial charge on any atom is -0.478 e. The monoisotopic (exact) mass is 284 g/mol. The molecule has 7 heteroatoms. The Hall–Kier alpha value is -1.85. The molecule has 2 aromatic rings. The van der Waals surface area contributed by atoms with Crippen LogP contribution in [0.3, 0.4) is 0 Å². The molecule has 0 saturated heterocycles. The zero-order valence-electron chi connectivity index (χ0n) is 8.80. The maximum atomic E-state index is 10.3. The maximum absolute atomic E-state index is 10.3. The van der Waals surface area contributed by atoms with Gasteiger partial charge in [-0.3, -0.25) is 0 Å². The van der Waals surface area contributed by atoms with E-state index in [4.69, 9.17) is 32.7 Å². The molecular weight excluding hydrogens is 279 g/mol. The van der Waals surface area contributed by atoms with Gasteiger partial charge in [-0.2, -0.15) is 0 Å². The second-order valence-corrected chi connectivity index (χ2v) is 4.03. The molecule has 5 nitrogen and oxygen atoms in total. The van der Waals surface area contributed by atoms with Gasteiger partial charge >= 0.3 is 5.97 Å². The van der Waals surface area contributed by atoms with E-state index in [0.29, 0.717) is 15.6 Å². The topological polar surface area (TPSA) is 76.2 Å². The van der Waals surface area contributed by atoms with Gasteiger partial charge in [-0.05, 0) is 12.1 Å². The number of nitrogens with zero attached hydrogens (tertiary/aromatic N) is 2. The number of aromatic nitrogens is 2. The van der Waals surface area contributed by atoms with Gasteiger partial charge in [0.15, 0.2) is 0 Å². The van der Waals surface area contributed by atoms with Crippen LogP contribution >= 0.6 is 23.2 Å². The molecule has 1 aromatic heterocycles. The molecule has 0 fully saturated rings. The summed E-state index contributed by atoms with van der Waals surface area (Å²) in [6.07, 6.45) is 2.08. The molecule has 0 unspecified atom stereocenters. The van der Waals surface area contributed by atoms with Gasteiger partial charge in [-0.1, -0.05) is 29.3 Å². The van der Waals surface area contributed by atoms with E-state index >= 15 is 0 Å². The third-order valence-electron chi connectivity index (χ3n) is 1.99. The lowest BCUT2D eigenvalue weighted by atomic mass is 10.2. The summed E-state index contributed by atoms with van der Waals surface area (Å²) in [6.45, 7) is 0. The summed E-state index contributed by atoms with van der Waals surface area (Å²) in [4.78, 5) is 10.3. The Morgan fingerprint density at radius 2 is 1.94 bits per heavy atom. The molecule has 0 saturated carbocycles. The van der Waals surface area contributed by atoms with Crippen LogP contribution in [0.25, 0.3) is 17.5 Å². The zero-order chi connectivity index (χ0) is 13.1. The van der Waals surface area contributed by atoms with Crippen molar-refractivity contribution in [2.45, 2.75) is 0 Å². The van der Waals surface area contributed by atoms with E-state index in [1.807, 2.05) is 0 Å². The van der Waals surface area contributed by atoms with Crippen molar-refractivity contribution in [2.75, 3.05) is 0 Å². The summed E-state index contributed by atoms with van der Waals surface area (Å²) in [5.41, 5.74) is 0.420. The van der Waals surface area contributed by atoms with Crippen LogP contribution in [0, 0.1) is 0 Å². The smallest absolute Gasteiger partial charge is 0.328 e. The summed E-state index contributed by atoms with van der Waals surface area (Å²) in [6, 6.07) is 4.97. The van der Waals surface area contributed by atoms with Gasteiger partial charge in [-0.25, -0.2) is 4.79 Å². The second kappa shape index (κ2) is 5.20. The summed E-state index contributed by atoms with van der Waals surface area (Å²) >= 11 is 12.0. The molecule has 2 rings (SSSR count). The molecule has 0 radical (unpaired) electrons. The Balaban J connectivity index is 2.38. The number of carboxylic acid groups (broad SMARTS) is 1. The van der Waals surface area contributed by atoms with E-state index in [1.54, 1.807) is 18.2 Å². The van der Waals surface area contributed by atoms with Crippen LogP contribution in [0.4, 0.5) is 0 Å². The minimum absolute atomic E-state index is 0.0587. The Morgan fingerprint density at radius 1 is 1.28 bits per heavy atom. The molecule has 0 aliphatic rings. The highest BCUT2D eigenvalue weighted by atomic mass is 35.5. The number of carbonyl (C=O) groups is 1. The van der Waals surface area contributed by atoms with E-state index in [9.17, 15) is 4.79 Å². The Kier molecular flexibility index (Phi) is 3.64. The highest BCUT2D eigenvalue weighted by molar-refractivity contribution is 6.38. The highest BCUT2D eigenvalue weighted by Crippen LogP contribution is 2.33. The first kappa shape index (κ1) is 12.6. The highest BCUT2D eigenvalue weighted by Gasteiger charge is 2.14. The predicted molar refractivity (Wildman–Crippen MR) is 66.4 cm³/mol. The van der Waals surface area contributed by atoms with Crippen molar-refractivity contribution in [1.82, 2.24) is 10.2 Å². The number of rotatable bonds is 3. The van der Waals surface area contributed by atoms with Crippen LogP contribution in [0.2, 0.25) is 10.0 Å². The minimum atomic E-state index is -1.11. The average Bonchev–Trinajstić information content (AvgIpc) is 2.75. The quantitative estimate of drug-likeness (QED) is 0.876. The van der Waals surface area contributed by atoms with E-state index in [2.05, 4.69) is 10.2 Å². The van der Waals surface area contributed by atoms with E-state index < -0.39 is 5.97 Å². The van der Waals surface area contributed by atoms with Crippen molar-refractivity contribution < 1.29 is 14.3 Å². The molecule has 0 bridgehead atoms. The van der Waals surface area contributed by atoms with Gasteiger partial charge in [0.1, 0.15) is 0 Å². The standard InChI is InChI=1S/C11H6Cl2N2O3/c12-6-2-1-3-7(13)10(6)11-15-14-8(18-11)4-5-9(16)17/h1-5H,(H,16,17)/b5-4+. The molecule has 0 spiro atoms. The van der Waals surface area contributed by atoms with E-state index in [1.165, 1.54) is 6.08 Å². The molecule has 1 heterocycles. The normalized spacial score (nSPS) is 11.0. The summed E-state index contributed by atoms with van der Waals surface area (Å²) < 4.78 is 5.24. The number of hydrogen-bond donors (Lipinski definition) is 1. The third kappa shape index (κ3) is 2.69. The molecule has 1 aromatic carbocycles. The van der Waals surface area contributed by atoms with E-state index in [-0.39, 0.29) is 11.8 Å². The molecule has 1 N–H and O–H groups in total. The first-order valence-electron chi connectivity index (χ1n) is 4.77. The summed E-state index contributed by atoms with van der Waals surface area (Å²) in [5.74, 6) is -0.912. The van der Waals surface area contributed by atoms with Crippen molar-refractivity contribution in [3.8, 4) is 11.5 Å². The second-order valence-electron chi connectivity index (χ2n) is 3.21. The number of aliphatic carboxylic acids is 1. The zero-order valence-corrected chi connectivity index (χ0v) is 10.3. The third-order valence-corrected chi connectivity index (χ3v) is 2.62. The lowest BCUT2D eigenvalue weighted by molar-refractivity contribution is -0.131. The molecule has 92 valence electrons. The Morgan fingerprint density at radius 3 is 2.56 bits per heavy atom. The predicted octanol–water partition coefficient (Wildman–Crippen LogP) is 3.14. The Labute approximate surface area is 112 Å². The molecular formula is C11H6Cl2N2O3. The van der Waals surface area contributed by atoms with Crippen LogP contribution in [-0.4, -0.2) is 21.3 Å². The SMILES string of the molecule is O=C(O)/C=C/c1nnc(-c2c(Cl)cccc2Cl)o1. The molecule has 0 aliphatic carbocycles. The van der Waals surface area contributed by atoms with Gasteiger partial charge in [0.25, 0.3) is 5.89 Å². The molecule has 0 amide bonds. The lowest BCUT2D eigenvalue weighted by Gasteiger charge is -2.00. The van der Waals surface area contributed by atoms with Crippen molar-refractivity contribution in [3.63, 3.8) is 0 Å². The van der Waals surface area contributed by atoms with Gasteiger partial charge in [0, 0.05) is 12.2 Å². The van der Waals surface area contributed by atoms with Crippen LogP contribution in [0.15, 0.2) is 28.7 Å². The Bertz CT molecular complexity index is 602. The average molecular weight is 285 g/mol.